The van der Waals surface area contributed by atoms with Gasteiger partial charge in [-0.2, -0.15) is 5.26 Å². The molecule has 0 aromatic carbocycles. The van der Waals surface area contributed by atoms with E-state index >= 15 is 0 Å². The van der Waals surface area contributed by atoms with Crippen molar-refractivity contribution in [2.45, 2.75) is 12.8 Å². The minimum absolute atomic E-state index is 0.216. The molecule has 1 fully saturated rings. The molecule has 6 nitrogen and oxygen atoms in total. The first-order chi connectivity index (χ1) is 7.56. The molecule has 0 aliphatic carbocycles. The molecule has 0 bridgehead atoms. The number of aliphatic carboxylic acids is 2. The molecule has 0 spiro atoms. The summed E-state index contributed by atoms with van der Waals surface area (Å²) in [6, 6.07) is 1.99. The van der Waals surface area contributed by atoms with Gasteiger partial charge in [0.1, 0.15) is 0 Å². The van der Waals surface area contributed by atoms with Crippen LogP contribution in [0.3, 0.4) is 0 Å². The van der Waals surface area contributed by atoms with E-state index in [0.29, 0.717) is 25.9 Å². The standard InChI is InChI=1S/C10H14N2O4/c11-3-1-4-12-5-2-7(9(13)14)8(6-12)10(15)16/h7-8H,1-2,4-6H2,(H,13,14)(H,15,16). The monoisotopic (exact) mass is 226 g/mol. The smallest absolute Gasteiger partial charge is 0.308 e. The third kappa shape index (κ3) is 2.94. The highest BCUT2D eigenvalue weighted by molar-refractivity contribution is 5.80. The van der Waals surface area contributed by atoms with Crippen molar-refractivity contribution in [1.82, 2.24) is 4.90 Å². The van der Waals surface area contributed by atoms with Crippen LogP contribution >= 0.6 is 0 Å². The lowest BCUT2D eigenvalue weighted by atomic mass is 9.85. The van der Waals surface area contributed by atoms with Crippen LogP contribution in [-0.2, 0) is 9.59 Å². The Labute approximate surface area is 93.1 Å². The summed E-state index contributed by atoms with van der Waals surface area (Å²) < 4.78 is 0. The van der Waals surface area contributed by atoms with Gasteiger partial charge in [0.15, 0.2) is 0 Å². The molecule has 0 aromatic rings. The molecule has 2 unspecified atom stereocenters. The fourth-order valence-corrected chi connectivity index (χ4v) is 1.98. The van der Waals surface area contributed by atoms with E-state index in [1.807, 2.05) is 11.0 Å². The quantitative estimate of drug-likeness (QED) is 0.700. The average molecular weight is 226 g/mol. The summed E-state index contributed by atoms with van der Waals surface area (Å²) in [5.41, 5.74) is 0. The van der Waals surface area contributed by atoms with E-state index < -0.39 is 23.8 Å². The van der Waals surface area contributed by atoms with Crippen LogP contribution in [0, 0.1) is 23.2 Å². The van der Waals surface area contributed by atoms with Crippen molar-refractivity contribution >= 4 is 11.9 Å². The minimum Gasteiger partial charge on any atom is -0.481 e. The van der Waals surface area contributed by atoms with Crippen LogP contribution in [0.5, 0.6) is 0 Å². The van der Waals surface area contributed by atoms with Gasteiger partial charge in [-0.3, -0.25) is 9.59 Å². The van der Waals surface area contributed by atoms with Gasteiger partial charge in [-0.05, 0) is 13.0 Å². The molecule has 6 heteroatoms. The van der Waals surface area contributed by atoms with Crippen molar-refractivity contribution in [3.8, 4) is 6.07 Å². The number of hydrogen-bond acceptors (Lipinski definition) is 4. The largest absolute Gasteiger partial charge is 0.481 e. The Morgan fingerprint density at radius 3 is 2.44 bits per heavy atom. The fourth-order valence-electron chi connectivity index (χ4n) is 1.98. The number of rotatable bonds is 4. The zero-order chi connectivity index (χ0) is 12.1. The Kier molecular flexibility index (Phi) is 4.26. The summed E-state index contributed by atoms with van der Waals surface area (Å²) in [4.78, 5) is 23.6. The van der Waals surface area contributed by atoms with Crippen molar-refractivity contribution in [2.24, 2.45) is 11.8 Å². The lowest BCUT2D eigenvalue weighted by Crippen LogP contribution is -2.46. The highest BCUT2D eigenvalue weighted by Crippen LogP contribution is 2.24. The zero-order valence-corrected chi connectivity index (χ0v) is 8.80. The van der Waals surface area contributed by atoms with Crippen molar-refractivity contribution in [1.29, 1.82) is 5.26 Å². The molecule has 1 heterocycles. The maximum Gasteiger partial charge on any atom is 0.308 e. The number of likely N-dealkylation sites (tertiary alicyclic amines) is 1. The topological polar surface area (TPSA) is 102 Å². The summed E-state index contributed by atoms with van der Waals surface area (Å²) in [6.45, 7) is 1.27. The van der Waals surface area contributed by atoms with Crippen LogP contribution in [-0.4, -0.2) is 46.7 Å². The minimum atomic E-state index is -1.07. The molecule has 1 saturated heterocycles. The molecule has 2 atom stereocenters. The van der Waals surface area contributed by atoms with Crippen LogP contribution < -0.4 is 0 Å². The Morgan fingerprint density at radius 1 is 1.31 bits per heavy atom. The maximum atomic E-state index is 10.9. The number of nitriles is 1. The van der Waals surface area contributed by atoms with E-state index in [-0.39, 0.29) is 6.54 Å². The van der Waals surface area contributed by atoms with Gasteiger partial charge in [-0.1, -0.05) is 0 Å². The van der Waals surface area contributed by atoms with E-state index in [1.165, 1.54) is 0 Å². The van der Waals surface area contributed by atoms with E-state index in [2.05, 4.69) is 0 Å². The number of hydrogen-bond donors (Lipinski definition) is 2. The van der Waals surface area contributed by atoms with Gasteiger partial charge in [-0.15, -0.1) is 0 Å². The van der Waals surface area contributed by atoms with Crippen molar-refractivity contribution in [3.05, 3.63) is 0 Å². The molecule has 2 N–H and O–H groups in total. The maximum absolute atomic E-state index is 10.9. The van der Waals surface area contributed by atoms with Crippen LogP contribution in [0.15, 0.2) is 0 Å². The van der Waals surface area contributed by atoms with Crippen LogP contribution in [0.25, 0.3) is 0 Å². The van der Waals surface area contributed by atoms with Gasteiger partial charge in [0.25, 0.3) is 0 Å². The van der Waals surface area contributed by atoms with Gasteiger partial charge in [0.2, 0.25) is 0 Å². The van der Waals surface area contributed by atoms with E-state index in [0.717, 1.165) is 0 Å². The second-order valence-corrected chi connectivity index (χ2v) is 3.89. The summed E-state index contributed by atoms with van der Waals surface area (Å²) in [6.07, 6.45) is 0.668. The highest BCUT2D eigenvalue weighted by Gasteiger charge is 2.38. The number of nitrogens with zero attached hydrogens (tertiary/aromatic N) is 2. The van der Waals surface area contributed by atoms with Gasteiger partial charge in [0, 0.05) is 19.5 Å². The van der Waals surface area contributed by atoms with Crippen LogP contribution in [0.4, 0.5) is 0 Å². The van der Waals surface area contributed by atoms with Crippen molar-refractivity contribution in [3.63, 3.8) is 0 Å². The van der Waals surface area contributed by atoms with Crippen LogP contribution in [0.1, 0.15) is 12.8 Å². The summed E-state index contributed by atoms with van der Waals surface area (Å²) in [7, 11) is 0. The third-order valence-electron chi connectivity index (χ3n) is 2.87. The third-order valence-corrected chi connectivity index (χ3v) is 2.87. The van der Waals surface area contributed by atoms with Crippen LogP contribution in [0.2, 0.25) is 0 Å². The SMILES string of the molecule is N#CCCN1CCC(C(=O)O)C(C(=O)O)C1. The molecule has 0 radical (unpaired) electrons. The molecule has 0 saturated carbocycles. The molecule has 0 amide bonds. The van der Waals surface area contributed by atoms with Crippen molar-refractivity contribution < 1.29 is 19.8 Å². The Morgan fingerprint density at radius 2 is 1.94 bits per heavy atom. The second-order valence-electron chi connectivity index (χ2n) is 3.89. The Bertz CT molecular complexity index is 323. The van der Waals surface area contributed by atoms with Gasteiger partial charge in [0.05, 0.1) is 17.9 Å². The number of carbonyl (C=O) groups is 2. The predicted octanol–water partition coefficient (Wildman–Crippen LogP) is 0.00738. The van der Waals surface area contributed by atoms with E-state index in [1.54, 1.807) is 0 Å². The zero-order valence-electron chi connectivity index (χ0n) is 8.80. The molecule has 16 heavy (non-hydrogen) atoms. The predicted molar refractivity (Wildman–Crippen MR) is 53.5 cm³/mol. The number of carboxylic acids is 2. The molecular weight excluding hydrogens is 212 g/mol. The number of piperidine rings is 1. The summed E-state index contributed by atoms with van der Waals surface area (Å²) in [5.74, 6) is -3.80. The van der Waals surface area contributed by atoms with E-state index in [9.17, 15) is 9.59 Å². The normalized spacial score (nSPS) is 25.9. The first kappa shape index (κ1) is 12.5. The Balaban J connectivity index is 2.62. The summed E-state index contributed by atoms with van der Waals surface area (Å²) in [5, 5.41) is 26.3. The first-order valence-corrected chi connectivity index (χ1v) is 5.11. The molecular formula is C10H14N2O4. The van der Waals surface area contributed by atoms with E-state index in [4.69, 9.17) is 15.5 Å². The first-order valence-electron chi connectivity index (χ1n) is 5.11. The molecule has 1 rings (SSSR count). The highest BCUT2D eigenvalue weighted by atomic mass is 16.4. The lowest BCUT2D eigenvalue weighted by Gasteiger charge is -2.33. The lowest BCUT2D eigenvalue weighted by molar-refractivity contribution is -0.157. The Hall–Kier alpha value is -1.61. The van der Waals surface area contributed by atoms with Crippen molar-refractivity contribution in [2.75, 3.05) is 19.6 Å². The van der Waals surface area contributed by atoms with Gasteiger partial charge < -0.3 is 15.1 Å². The average Bonchev–Trinajstić information content (AvgIpc) is 2.25. The number of carboxylic acid groups (broad SMARTS) is 2. The molecule has 1 aliphatic heterocycles. The van der Waals surface area contributed by atoms with Gasteiger partial charge >= 0.3 is 11.9 Å². The van der Waals surface area contributed by atoms with Gasteiger partial charge in [-0.25, -0.2) is 0 Å². The molecule has 0 aromatic heterocycles. The molecule has 88 valence electrons. The molecule has 1 aliphatic rings. The fraction of sp³-hybridized carbons (Fsp3) is 0.700. The summed E-state index contributed by atoms with van der Waals surface area (Å²) >= 11 is 0. The second kappa shape index (κ2) is 5.47.